The summed E-state index contributed by atoms with van der Waals surface area (Å²) in [6.45, 7) is 14.4. The average molecular weight is 267 g/mol. The number of ether oxygens (including phenoxy) is 1. The zero-order valence-electron chi connectivity index (χ0n) is 12.8. The summed E-state index contributed by atoms with van der Waals surface area (Å²) in [6.07, 6.45) is 0.493. The predicted molar refractivity (Wildman–Crippen MR) is 73.0 cm³/mol. The van der Waals surface area contributed by atoms with Gasteiger partial charge in [0.1, 0.15) is 0 Å². The number of hydrogen-bond donors (Lipinski definition) is 0. The van der Waals surface area contributed by atoms with Crippen LogP contribution in [0.2, 0.25) is 0 Å². The molecule has 0 amide bonds. The van der Waals surface area contributed by atoms with Gasteiger partial charge in [-0.25, -0.2) is 0 Å². The summed E-state index contributed by atoms with van der Waals surface area (Å²) in [7, 11) is 0. The van der Waals surface area contributed by atoms with Crippen LogP contribution in [0.5, 0.6) is 0 Å². The van der Waals surface area contributed by atoms with Crippen molar-refractivity contribution in [2.75, 3.05) is 13.1 Å². The van der Waals surface area contributed by atoms with E-state index in [1.807, 2.05) is 0 Å². The van der Waals surface area contributed by atoms with Crippen molar-refractivity contribution < 1.29 is 9.26 Å². The van der Waals surface area contributed by atoms with E-state index in [0.29, 0.717) is 5.89 Å². The quantitative estimate of drug-likeness (QED) is 0.824. The Labute approximate surface area is 115 Å². The van der Waals surface area contributed by atoms with Gasteiger partial charge in [-0.2, -0.15) is 4.98 Å². The van der Waals surface area contributed by atoms with Crippen LogP contribution in [0.25, 0.3) is 0 Å². The summed E-state index contributed by atoms with van der Waals surface area (Å²) in [5.74, 6) is 1.47. The predicted octanol–water partition coefficient (Wildman–Crippen LogP) is 2.54. The van der Waals surface area contributed by atoms with Gasteiger partial charge in [0.2, 0.25) is 5.89 Å². The molecule has 0 aromatic carbocycles. The fourth-order valence-corrected chi connectivity index (χ4v) is 2.40. The number of rotatable bonds is 2. The molecular formula is C14H25N3O2. The zero-order valence-corrected chi connectivity index (χ0v) is 12.8. The Kier molecular flexibility index (Phi) is 3.97. The fraction of sp³-hybridized carbons (Fsp3) is 0.857. The largest absolute Gasteiger partial charge is 0.373 e. The van der Waals surface area contributed by atoms with Crippen LogP contribution >= 0.6 is 0 Å². The third kappa shape index (κ3) is 3.34. The van der Waals surface area contributed by atoms with Crippen LogP contribution in [0.4, 0.5) is 0 Å². The number of hydrogen-bond acceptors (Lipinski definition) is 5. The molecule has 1 fully saturated rings. The lowest BCUT2D eigenvalue weighted by molar-refractivity contribution is -0.0818. The lowest BCUT2D eigenvalue weighted by Crippen LogP contribution is -2.46. The minimum Gasteiger partial charge on any atom is -0.373 e. The van der Waals surface area contributed by atoms with Crippen LogP contribution < -0.4 is 0 Å². The molecule has 0 unspecified atom stereocenters. The Bertz CT molecular complexity index is 415. The van der Waals surface area contributed by atoms with Crippen LogP contribution in [0.3, 0.4) is 0 Å². The Hall–Kier alpha value is -0.940. The molecule has 108 valence electrons. The summed E-state index contributed by atoms with van der Waals surface area (Å²) >= 11 is 0. The van der Waals surface area contributed by atoms with Gasteiger partial charge in [-0.1, -0.05) is 25.9 Å². The molecular weight excluding hydrogens is 242 g/mol. The first-order valence-electron chi connectivity index (χ1n) is 7.01. The van der Waals surface area contributed by atoms with E-state index in [4.69, 9.17) is 9.26 Å². The van der Waals surface area contributed by atoms with Crippen molar-refractivity contribution in [2.45, 2.75) is 65.2 Å². The molecule has 0 radical (unpaired) electrons. The highest BCUT2D eigenvalue weighted by molar-refractivity contribution is 5.02. The second kappa shape index (κ2) is 5.21. The van der Waals surface area contributed by atoms with Gasteiger partial charge in [0, 0.05) is 18.5 Å². The van der Waals surface area contributed by atoms with Crippen LogP contribution in [0.15, 0.2) is 4.52 Å². The molecule has 1 saturated heterocycles. The fourth-order valence-electron chi connectivity index (χ4n) is 2.40. The van der Waals surface area contributed by atoms with E-state index in [-0.39, 0.29) is 23.7 Å². The van der Waals surface area contributed by atoms with Gasteiger partial charge in [0.15, 0.2) is 5.82 Å². The van der Waals surface area contributed by atoms with Crippen LogP contribution in [-0.2, 0) is 10.2 Å². The van der Waals surface area contributed by atoms with Crippen molar-refractivity contribution in [1.82, 2.24) is 15.0 Å². The molecule has 0 spiro atoms. The molecule has 0 saturated carbocycles. The molecule has 3 atom stereocenters. The van der Waals surface area contributed by atoms with Gasteiger partial charge in [0.25, 0.3) is 0 Å². The summed E-state index contributed by atoms with van der Waals surface area (Å²) in [5, 5.41) is 4.10. The molecule has 5 heteroatoms. The molecule has 19 heavy (non-hydrogen) atoms. The normalized spacial score (nSPS) is 27.5. The highest BCUT2D eigenvalue weighted by Crippen LogP contribution is 2.26. The second-order valence-electron chi connectivity index (χ2n) is 6.59. The second-order valence-corrected chi connectivity index (χ2v) is 6.59. The summed E-state index contributed by atoms with van der Waals surface area (Å²) in [6, 6.07) is 0.136. The SMILES string of the molecule is C[C@@H]1CN([C@@H](C)c2nc(C(C)(C)C)no2)C[C@H](C)O1. The van der Waals surface area contributed by atoms with Gasteiger partial charge >= 0.3 is 0 Å². The number of nitrogens with zero attached hydrogens (tertiary/aromatic N) is 3. The third-order valence-electron chi connectivity index (χ3n) is 3.47. The lowest BCUT2D eigenvalue weighted by atomic mass is 9.96. The van der Waals surface area contributed by atoms with Gasteiger partial charge in [-0.05, 0) is 20.8 Å². The Morgan fingerprint density at radius 2 is 1.79 bits per heavy atom. The van der Waals surface area contributed by atoms with Crippen molar-refractivity contribution in [3.63, 3.8) is 0 Å². The first-order valence-corrected chi connectivity index (χ1v) is 7.01. The molecule has 5 nitrogen and oxygen atoms in total. The maximum absolute atomic E-state index is 5.75. The van der Waals surface area contributed by atoms with Crippen molar-refractivity contribution in [3.8, 4) is 0 Å². The Morgan fingerprint density at radius 1 is 1.21 bits per heavy atom. The van der Waals surface area contributed by atoms with E-state index in [9.17, 15) is 0 Å². The summed E-state index contributed by atoms with van der Waals surface area (Å²) in [4.78, 5) is 6.89. The van der Waals surface area contributed by atoms with Crippen LogP contribution in [0.1, 0.15) is 59.3 Å². The molecule has 2 rings (SSSR count). The molecule has 0 N–H and O–H groups in total. The first-order chi connectivity index (χ1) is 8.77. The van der Waals surface area contributed by atoms with Crippen LogP contribution in [0, 0.1) is 0 Å². The van der Waals surface area contributed by atoms with Crippen molar-refractivity contribution >= 4 is 0 Å². The van der Waals surface area contributed by atoms with E-state index in [1.165, 1.54) is 0 Å². The van der Waals surface area contributed by atoms with E-state index in [0.717, 1.165) is 18.9 Å². The molecule has 1 aromatic heterocycles. The molecule has 2 heterocycles. The van der Waals surface area contributed by atoms with E-state index >= 15 is 0 Å². The lowest BCUT2D eigenvalue weighted by Gasteiger charge is -2.37. The summed E-state index contributed by atoms with van der Waals surface area (Å²) in [5.41, 5.74) is -0.0763. The highest BCUT2D eigenvalue weighted by atomic mass is 16.5. The van der Waals surface area contributed by atoms with Gasteiger partial charge in [-0.15, -0.1) is 0 Å². The molecule has 1 aliphatic heterocycles. The molecule has 0 bridgehead atoms. The molecule has 0 aliphatic carbocycles. The smallest absolute Gasteiger partial charge is 0.243 e. The third-order valence-corrected chi connectivity index (χ3v) is 3.47. The minimum atomic E-state index is -0.0763. The van der Waals surface area contributed by atoms with Crippen molar-refractivity contribution in [2.24, 2.45) is 0 Å². The van der Waals surface area contributed by atoms with Gasteiger partial charge in [-0.3, -0.25) is 4.90 Å². The Morgan fingerprint density at radius 3 is 2.26 bits per heavy atom. The highest BCUT2D eigenvalue weighted by Gasteiger charge is 2.30. The van der Waals surface area contributed by atoms with E-state index in [2.05, 4.69) is 56.6 Å². The van der Waals surface area contributed by atoms with Crippen molar-refractivity contribution in [3.05, 3.63) is 11.7 Å². The van der Waals surface area contributed by atoms with E-state index < -0.39 is 0 Å². The number of aromatic nitrogens is 2. The van der Waals surface area contributed by atoms with Crippen LogP contribution in [-0.4, -0.2) is 40.3 Å². The Balaban J connectivity index is 2.11. The standard InChI is InChI=1S/C14H25N3O2/c1-9-7-17(8-10(2)18-9)11(3)12-15-13(16-19-12)14(4,5)6/h9-11H,7-8H2,1-6H3/t9-,10+,11-/m0/s1. The average Bonchev–Trinajstić information content (AvgIpc) is 2.75. The van der Waals surface area contributed by atoms with Gasteiger partial charge in [0.05, 0.1) is 18.2 Å². The monoisotopic (exact) mass is 267 g/mol. The molecule has 1 aliphatic rings. The maximum Gasteiger partial charge on any atom is 0.243 e. The van der Waals surface area contributed by atoms with E-state index in [1.54, 1.807) is 0 Å². The topological polar surface area (TPSA) is 51.4 Å². The molecule has 1 aromatic rings. The minimum absolute atomic E-state index is 0.0763. The zero-order chi connectivity index (χ0) is 14.2. The van der Waals surface area contributed by atoms with Gasteiger partial charge < -0.3 is 9.26 Å². The summed E-state index contributed by atoms with van der Waals surface area (Å²) < 4.78 is 11.2. The number of morpholine rings is 1. The first kappa shape index (κ1) is 14.5. The van der Waals surface area contributed by atoms with Crippen molar-refractivity contribution in [1.29, 1.82) is 0 Å². The maximum atomic E-state index is 5.75.